The van der Waals surface area contributed by atoms with Gasteiger partial charge in [-0.3, -0.25) is 10.3 Å². The fourth-order valence-electron chi connectivity index (χ4n) is 5.26. The van der Waals surface area contributed by atoms with Gasteiger partial charge in [0.05, 0.1) is 23.5 Å². The lowest BCUT2D eigenvalue weighted by atomic mass is 10.1. The minimum atomic E-state index is -0.353. The van der Waals surface area contributed by atoms with Gasteiger partial charge < -0.3 is 10.3 Å². The van der Waals surface area contributed by atoms with Crippen molar-refractivity contribution in [3.05, 3.63) is 132 Å². The molecular formula is C33H26N4S. The smallest absolute Gasteiger partial charge is 0.128 e. The minimum absolute atomic E-state index is 0.312. The maximum atomic E-state index is 6.58. The molecule has 7 aromatic rings. The van der Waals surface area contributed by atoms with Crippen LogP contribution in [-0.2, 0) is 0 Å². The Morgan fingerprint density at radius 3 is 2.08 bits per heavy atom. The third kappa shape index (κ3) is 3.98. The molecule has 5 aromatic carbocycles. The highest BCUT2D eigenvalue weighted by molar-refractivity contribution is 7.25. The van der Waals surface area contributed by atoms with Gasteiger partial charge in [0.25, 0.3) is 0 Å². The largest absolute Gasteiger partial charge is 0.312 e. The zero-order chi connectivity index (χ0) is 25.5. The lowest BCUT2D eigenvalue weighted by Crippen LogP contribution is -2.31. The van der Waals surface area contributed by atoms with Gasteiger partial charge in [-0.05, 0) is 35.4 Å². The summed E-state index contributed by atoms with van der Waals surface area (Å²) in [6.45, 7) is 0. The number of rotatable bonds is 6. The third-order valence-electron chi connectivity index (χ3n) is 7.15. The van der Waals surface area contributed by atoms with Crippen molar-refractivity contribution in [3.8, 4) is 0 Å². The number of nitrogens with zero attached hydrogens (tertiary/aromatic N) is 2. The fourth-order valence-corrected chi connectivity index (χ4v) is 6.39. The zero-order valence-electron chi connectivity index (χ0n) is 20.7. The van der Waals surface area contributed by atoms with E-state index in [0.717, 1.165) is 22.2 Å². The van der Waals surface area contributed by atoms with E-state index in [1.54, 1.807) is 0 Å². The van der Waals surface area contributed by atoms with Crippen molar-refractivity contribution in [2.75, 3.05) is 0 Å². The highest BCUT2D eigenvalue weighted by atomic mass is 32.1. The van der Waals surface area contributed by atoms with Gasteiger partial charge in [0.1, 0.15) is 6.17 Å². The van der Waals surface area contributed by atoms with Crippen molar-refractivity contribution in [3.63, 3.8) is 0 Å². The van der Waals surface area contributed by atoms with Crippen LogP contribution in [0, 0.1) is 0 Å². The number of para-hydroxylation sites is 1. The van der Waals surface area contributed by atoms with E-state index < -0.39 is 0 Å². The number of nitrogens with one attached hydrogen (secondary N) is 1. The van der Waals surface area contributed by atoms with Gasteiger partial charge in [-0.15, -0.1) is 11.3 Å². The van der Waals surface area contributed by atoms with E-state index >= 15 is 0 Å². The maximum absolute atomic E-state index is 6.58. The molecule has 0 saturated heterocycles. The molecule has 0 fully saturated rings. The fraction of sp³-hybridized carbons (Fsp3) is 0.0606. The number of benzene rings is 5. The zero-order valence-corrected chi connectivity index (χ0v) is 21.5. The highest BCUT2D eigenvalue weighted by Crippen LogP contribution is 2.39. The van der Waals surface area contributed by atoms with Crippen LogP contribution in [0.3, 0.4) is 0 Å². The summed E-state index contributed by atoms with van der Waals surface area (Å²) in [4.78, 5) is 5.08. The van der Waals surface area contributed by atoms with Crippen molar-refractivity contribution in [1.29, 1.82) is 0 Å². The van der Waals surface area contributed by atoms with Crippen LogP contribution in [0.2, 0.25) is 0 Å². The molecule has 5 heteroatoms. The molecule has 2 aromatic heterocycles. The van der Waals surface area contributed by atoms with E-state index in [-0.39, 0.29) is 12.3 Å². The van der Waals surface area contributed by atoms with E-state index in [9.17, 15) is 0 Å². The van der Waals surface area contributed by atoms with Gasteiger partial charge in [0.2, 0.25) is 0 Å². The van der Waals surface area contributed by atoms with Crippen LogP contribution < -0.4 is 11.1 Å². The third-order valence-corrected chi connectivity index (χ3v) is 8.28. The molecule has 0 amide bonds. The van der Waals surface area contributed by atoms with Gasteiger partial charge in [-0.1, -0.05) is 97.1 Å². The topological polar surface area (TPSA) is 55.3 Å². The predicted molar refractivity (Wildman–Crippen MR) is 162 cm³/mol. The molecule has 7 rings (SSSR count). The first-order valence-electron chi connectivity index (χ1n) is 12.7. The first-order valence-corrected chi connectivity index (χ1v) is 13.6. The molecule has 3 N–H and O–H groups in total. The summed E-state index contributed by atoms with van der Waals surface area (Å²) in [6, 6.07) is 42.2. The Kier molecular flexibility index (Phi) is 5.74. The number of aromatic nitrogens is 1. The van der Waals surface area contributed by atoms with Gasteiger partial charge in [-0.25, -0.2) is 0 Å². The molecule has 4 nitrogen and oxygen atoms in total. The average molecular weight is 511 g/mol. The number of hydrogen-bond donors (Lipinski definition) is 2. The number of nitrogens with two attached hydrogens (primary N) is 1. The Morgan fingerprint density at radius 2 is 1.29 bits per heavy atom. The highest BCUT2D eigenvalue weighted by Gasteiger charge is 2.16. The Hall–Kier alpha value is -4.29. The minimum Gasteiger partial charge on any atom is -0.312 e. The SMILES string of the molecule is NC(NC(/N=C/n1c2ccccc2c2cc3sc4ccccc4c3cc21)c1ccccc1)c1ccccc1. The van der Waals surface area contributed by atoms with E-state index in [1.807, 2.05) is 66.2 Å². The van der Waals surface area contributed by atoms with Gasteiger partial charge >= 0.3 is 0 Å². The summed E-state index contributed by atoms with van der Waals surface area (Å²) >= 11 is 1.85. The molecule has 2 heterocycles. The quantitative estimate of drug-likeness (QED) is 0.135. The van der Waals surface area contributed by atoms with Crippen LogP contribution in [0.1, 0.15) is 23.5 Å². The molecule has 0 radical (unpaired) electrons. The van der Waals surface area contributed by atoms with Crippen LogP contribution in [-0.4, -0.2) is 10.9 Å². The lowest BCUT2D eigenvalue weighted by molar-refractivity contribution is 0.466. The summed E-state index contributed by atoms with van der Waals surface area (Å²) in [5, 5.41) is 8.55. The van der Waals surface area contributed by atoms with Crippen molar-refractivity contribution < 1.29 is 0 Å². The van der Waals surface area contributed by atoms with Crippen molar-refractivity contribution in [1.82, 2.24) is 9.88 Å². The average Bonchev–Trinajstić information content (AvgIpc) is 3.49. The van der Waals surface area contributed by atoms with Crippen molar-refractivity contribution in [2.45, 2.75) is 12.3 Å². The summed E-state index contributed by atoms with van der Waals surface area (Å²) in [6.07, 6.45) is 1.29. The molecule has 0 spiro atoms. The first kappa shape index (κ1) is 22.9. The Bertz CT molecular complexity index is 1920. The first-order chi connectivity index (χ1) is 18.8. The molecule has 38 heavy (non-hydrogen) atoms. The van der Waals surface area contributed by atoms with E-state index in [0.29, 0.717) is 0 Å². The molecule has 2 unspecified atom stereocenters. The lowest BCUT2D eigenvalue weighted by Gasteiger charge is -2.21. The number of hydrogen-bond acceptors (Lipinski definition) is 4. The monoisotopic (exact) mass is 510 g/mol. The molecule has 2 atom stereocenters. The molecular weight excluding hydrogens is 484 g/mol. The van der Waals surface area contributed by atoms with Gasteiger partial charge in [0, 0.05) is 30.9 Å². The van der Waals surface area contributed by atoms with Crippen LogP contribution in [0.15, 0.2) is 126 Å². The molecule has 0 bridgehead atoms. The Morgan fingerprint density at radius 1 is 0.632 bits per heavy atom. The molecule has 184 valence electrons. The summed E-state index contributed by atoms with van der Waals surface area (Å²) < 4.78 is 4.82. The predicted octanol–water partition coefficient (Wildman–Crippen LogP) is 7.98. The summed E-state index contributed by atoms with van der Waals surface area (Å²) in [5.41, 5.74) is 10.9. The maximum Gasteiger partial charge on any atom is 0.128 e. The van der Waals surface area contributed by atoms with Gasteiger partial charge in [0.15, 0.2) is 0 Å². The number of aliphatic imine (C=N–C) groups is 1. The number of thiophene rings is 1. The second-order valence-electron chi connectivity index (χ2n) is 9.48. The van der Waals surface area contributed by atoms with Crippen LogP contribution in [0.4, 0.5) is 0 Å². The second kappa shape index (κ2) is 9.54. The van der Waals surface area contributed by atoms with E-state index in [4.69, 9.17) is 10.7 Å². The molecule has 0 aliphatic heterocycles. The second-order valence-corrected chi connectivity index (χ2v) is 10.6. The van der Waals surface area contributed by atoms with Crippen LogP contribution in [0.5, 0.6) is 0 Å². The van der Waals surface area contributed by atoms with Crippen LogP contribution in [0.25, 0.3) is 42.0 Å². The van der Waals surface area contributed by atoms with Crippen molar-refractivity contribution in [2.24, 2.45) is 10.7 Å². The number of fused-ring (bicyclic) bond motifs is 6. The summed E-state index contributed by atoms with van der Waals surface area (Å²) in [5.74, 6) is 0. The van der Waals surface area contributed by atoms with Crippen molar-refractivity contribution >= 4 is 59.7 Å². The van der Waals surface area contributed by atoms with Crippen LogP contribution >= 0.6 is 11.3 Å². The Labute approximate surface area is 224 Å². The summed E-state index contributed by atoms with van der Waals surface area (Å²) in [7, 11) is 0. The van der Waals surface area contributed by atoms with Gasteiger partial charge in [-0.2, -0.15) is 0 Å². The molecule has 0 aliphatic rings. The molecule has 0 aliphatic carbocycles. The Balaban J connectivity index is 1.38. The standard InChI is InChI=1S/C33H26N4S/c34-32(22-11-3-1-4-12-22)36-33(23-13-5-2-6-14-23)35-21-37-28-17-9-7-15-24(28)26-20-31-27(19-29(26)37)25-16-8-10-18-30(25)38-31/h1-21,32-33,36H,34H2/b35-21+. The normalized spacial score (nSPS) is 13.7. The van der Waals surface area contributed by atoms with E-state index in [2.05, 4.69) is 82.7 Å². The van der Waals surface area contributed by atoms with E-state index in [1.165, 1.54) is 30.9 Å². The molecule has 0 saturated carbocycles.